The molecule has 27 heavy (non-hydrogen) atoms. The summed E-state index contributed by atoms with van der Waals surface area (Å²) in [5.74, 6) is 1.27. The summed E-state index contributed by atoms with van der Waals surface area (Å²) < 4.78 is 14.4. The fourth-order valence-electron chi connectivity index (χ4n) is 2.94. The molecule has 0 radical (unpaired) electrons. The van der Waals surface area contributed by atoms with Crippen molar-refractivity contribution in [2.75, 3.05) is 7.11 Å². The largest absolute Gasteiger partial charge is 0.493 e. The number of methoxy groups -OCH3 is 1. The molecule has 0 atom stereocenters. The van der Waals surface area contributed by atoms with E-state index in [4.69, 9.17) is 9.47 Å². The van der Waals surface area contributed by atoms with Gasteiger partial charge in [0.2, 0.25) is 0 Å². The van der Waals surface area contributed by atoms with E-state index in [-0.39, 0.29) is 11.7 Å². The Morgan fingerprint density at radius 1 is 1.26 bits per heavy atom. The smallest absolute Gasteiger partial charge is 0.274 e. The molecule has 0 saturated heterocycles. The molecule has 4 rings (SSSR count). The number of nitrogens with zero attached hydrogens (tertiary/aromatic N) is 2. The van der Waals surface area contributed by atoms with Gasteiger partial charge < -0.3 is 9.47 Å². The van der Waals surface area contributed by atoms with Gasteiger partial charge in [-0.3, -0.25) is 4.79 Å². The van der Waals surface area contributed by atoms with Gasteiger partial charge in [-0.05, 0) is 65.7 Å². The second kappa shape index (κ2) is 6.98. The maximum absolute atomic E-state index is 12.9. The molecule has 0 N–H and O–H groups in total. The molecular weight excluding hydrogens is 428 g/mol. The van der Waals surface area contributed by atoms with E-state index in [0.717, 1.165) is 21.1 Å². The molecule has 0 amide bonds. The lowest BCUT2D eigenvalue weighted by Crippen LogP contribution is -2.22. The lowest BCUT2D eigenvalue weighted by molar-refractivity contribution is 0.228. The maximum Gasteiger partial charge on any atom is 0.274 e. The monoisotopic (exact) mass is 444 g/mol. The molecule has 0 spiro atoms. The molecule has 7 heteroatoms. The number of rotatable bonds is 4. The number of benzene rings is 2. The van der Waals surface area contributed by atoms with Crippen LogP contribution in [0.3, 0.4) is 0 Å². The Hall–Kier alpha value is -2.38. The van der Waals surface area contributed by atoms with Gasteiger partial charge in [-0.15, -0.1) is 0 Å². The molecule has 0 saturated carbocycles. The van der Waals surface area contributed by atoms with Crippen LogP contribution in [0, 0.1) is 0 Å². The van der Waals surface area contributed by atoms with Crippen LogP contribution in [0.15, 0.2) is 45.7 Å². The second-order valence-corrected chi connectivity index (χ2v) is 8.20. The van der Waals surface area contributed by atoms with Gasteiger partial charge in [0, 0.05) is 0 Å². The zero-order chi connectivity index (χ0) is 19.1. The molecule has 2 heterocycles. The summed E-state index contributed by atoms with van der Waals surface area (Å²) in [6.07, 6.45) is 1.87. The van der Waals surface area contributed by atoms with E-state index < -0.39 is 0 Å². The summed E-state index contributed by atoms with van der Waals surface area (Å²) in [4.78, 5) is 18.1. The van der Waals surface area contributed by atoms with Crippen LogP contribution in [0.2, 0.25) is 0 Å². The third-order valence-electron chi connectivity index (χ3n) is 4.05. The van der Waals surface area contributed by atoms with E-state index in [2.05, 4.69) is 20.9 Å². The highest BCUT2D eigenvalue weighted by Gasteiger charge is 2.14. The van der Waals surface area contributed by atoms with Crippen LogP contribution in [0.1, 0.15) is 19.4 Å². The summed E-state index contributed by atoms with van der Waals surface area (Å²) in [6.45, 7) is 3.92. The topological polar surface area (TPSA) is 52.8 Å². The minimum absolute atomic E-state index is 0.0247. The number of ether oxygens (including phenoxy) is 2. The summed E-state index contributed by atoms with van der Waals surface area (Å²) in [6, 6.07) is 11.4. The van der Waals surface area contributed by atoms with Crippen molar-refractivity contribution in [3.05, 3.63) is 61.3 Å². The fourth-order valence-corrected chi connectivity index (χ4v) is 4.48. The minimum Gasteiger partial charge on any atom is -0.493 e. The first-order valence-corrected chi connectivity index (χ1v) is 10.0. The van der Waals surface area contributed by atoms with Crippen molar-refractivity contribution in [3.63, 3.8) is 0 Å². The van der Waals surface area contributed by atoms with Gasteiger partial charge >= 0.3 is 0 Å². The number of thiazole rings is 1. The highest BCUT2D eigenvalue weighted by atomic mass is 79.9. The Morgan fingerprint density at radius 2 is 2.04 bits per heavy atom. The van der Waals surface area contributed by atoms with Gasteiger partial charge in [0.25, 0.3) is 5.56 Å². The second-order valence-electron chi connectivity index (χ2n) is 6.34. The van der Waals surface area contributed by atoms with Crippen molar-refractivity contribution in [1.82, 2.24) is 9.38 Å². The fraction of sp³-hybridized carbons (Fsp3) is 0.200. The zero-order valence-corrected chi connectivity index (χ0v) is 17.4. The lowest BCUT2D eigenvalue weighted by Gasteiger charge is -2.15. The standard InChI is InChI=1S/C20H17BrN2O3S/c1-11(2)26-18-13(21)8-12(9-16(18)25-3)10-17-19(24)23-15-7-5-4-6-14(15)22-20(23)27-17/h4-11H,1-3H3/b17-10-. The van der Waals surface area contributed by atoms with E-state index in [9.17, 15) is 4.79 Å². The Bertz CT molecular complexity index is 1260. The van der Waals surface area contributed by atoms with Crippen molar-refractivity contribution in [2.45, 2.75) is 20.0 Å². The Kier molecular flexibility index (Phi) is 4.65. The van der Waals surface area contributed by atoms with Gasteiger partial charge in [0.1, 0.15) is 0 Å². The van der Waals surface area contributed by atoms with Crippen LogP contribution >= 0.6 is 27.3 Å². The quantitative estimate of drug-likeness (QED) is 0.476. The number of imidazole rings is 1. The number of halogens is 1. The summed E-state index contributed by atoms with van der Waals surface area (Å²) in [7, 11) is 1.60. The lowest BCUT2D eigenvalue weighted by atomic mass is 10.2. The molecule has 0 bridgehead atoms. The molecule has 2 aromatic carbocycles. The highest BCUT2D eigenvalue weighted by molar-refractivity contribution is 9.10. The molecule has 0 unspecified atom stereocenters. The van der Waals surface area contributed by atoms with Gasteiger partial charge in [-0.25, -0.2) is 9.38 Å². The first-order valence-electron chi connectivity index (χ1n) is 8.44. The van der Waals surface area contributed by atoms with Crippen molar-refractivity contribution in [1.29, 1.82) is 0 Å². The van der Waals surface area contributed by atoms with Gasteiger partial charge in [0.15, 0.2) is 16.5 Å². The Morgan fingerprint density at radius 3 is 2.78 bits per heavy atom. The van der Waals surface area contributed by atoms with Gasteiger partial charge in [0.05, 0.1) is 33.3 Å². The van der Waals surface area contributed by atoms with Crippen LogP contribution in [0.5, 0.6) is 11.5 Å². The van der Waals surface area contributed by atoms with Crippen LogP contribution in [-0.4, -0.2) is 22.6 Å². The third kappa shape index (κ3) is 3.21. The predicted octanol–water partition coefficient (Wildman–Crippen LogP) is 4.02. The van der Waals surface area contributed by atoms with Crippen molar-refractivity contribution in [3.8, 4) is 11.5 Å². The van der Waals surface area contributed by atoms with Gasteiger partial charge in [-0.1, -0.05) is 23.5 Å². The normalized spacial score (nSPS) is 12.4. The molecule has 5 nitrogen and oxygen atoms in total. The van der Waals surface area contributed by atoms with E-state index in [0.29, 0.717) is 21.0 Å². The molecule has 0 aliphatic carbocycles. The Balaban J connectivity index is 1.87. The molecule has 138 valence electrons. The van der Waals surface area contributed by atoms with E-state index in [1.807, 2.05) is 56.3 Å². The van der Waals surface area contributed by atoms with Crippen molar-refractivity contribution in [2.24, 2.45) is 0 Å². The third-order valence-corrected chi connectivity index (χ3v) is 5.61. The number of fused-ring (bicyclic) bond motifs is 3. The van der Waals surface area contributed by atoms with Crippen LogP contribution in [-0.2, 0) is 0 Å². The predicted molar refractivity (Wildman–Crippen MR) is 112 cm³/mol. The molecule has 0 aliphatic rings. The number of hydrogen-bond donors (Lipinski definition) is 0. The summed E-state index contributed by atoms with van der Waals surface area (Å²) in [5, 5.41) is 0. The number of aromatic nitrogens is 2. The van der Waals surface area contributed by atoms with Crippen molar-refractivity contribution >= 4 is 49.3 Å². The average Bonchev–Trinajstić information content (AvgIpc) is 3.13. The minimum atomic E-state index is -0.0682. The summed E-state index contributed by atoms with van der Waals surface area (Å²) >= 11 is 4.92. The first-order chi connectivity index (χ1) is 13.0. The first kappa shape index (κ1) is 18.0. The van der Waals surface area contributed by atoms with Gasteiger partial charge in [-0.2, -0.15) is 0 Å². The molecule has 0 fully saturated rings. The van der Waals surface area contributed by atoms with E-state index in [1.165, 1.54) is 11.3 Å². The van der Waals surface area contributed by atoms with Crippen LogP contribution < -0.4 is 19.6 Å². The van der Waals surface area contributed by atoms with Crippen molar-refractivity contribution < 1.29 is 9.47 Å². The Labute approximate surface area is 168 Å². The SMILES string of the molecule is COc1cc(/C=c2\sc3nc4ccccc4n3c2=O)cc(Br)c1OC(C)C. The molecule has 0 aliphatic heterocycles. The molecule has 4 aromatic rings. The highest BCUT2D eigenvalue weighted by Crippen LogP contribution is 2.37. The number of hydrogen-bond acceptors (Lipinski definition) is 5. The maximum atomic E-state index is 12.9. The van der Waals surface area contributed by atoms with Crippen LogP contribution in [0.4, 0.5) is 0 Å². The molecule has 2 aromatic heterocycles. The van der Waals surface area contributed by atoms with E-state index in [1.54, 1.807) is 11.5 Å². The van der Waals surface area contributed by atoms with Crippen LogP contribution in [0.25, 0.3) is 22.1 Å². The van der Waals surface area contributed by atoms with E-state index >= 15 is 0 Å². The average molecular weight is 445 g/mol. The zero-order valence-electron chi connectivity index (χ0n) is 15.0. The summed E-state index contributed by atoms with van der Waals surface area (Å²) in [5.41, 5.74) is 2.43. The number of para-hydroxylation sites is 2. The molecular formula is C20H17BrN2O3S.